The molecule has 3 heterocycles. The number of hydrogen-bond donors (Lipinski definition) is 0. The Kier molecular flexibility index (Phi) is 6.72. The number of likely N-dealkylation sites (N-methyl/N-ethyl adjacent to an activating group) is 1. The first kappa shape index (κ1) is 20.0. The van der Waals surface area contributed by atoms with Gasteiger partial charge in [-0.3, -0.25) is 4.98 Å². The Labute approximate surface area is 168 Å². The van der Waals surface area contributed by atoms with Crippen LogP contribution in [0.5, 0.6) is 0 Å². The standard InChI is InChI=1S/C19H23N7OS/c1-13-11-16(28-14(13)2)12-21-25-18-22-17(15-5-7-20-8-6-15)23-19(24-18)26(3)9-10-27-4/h5-8,11H,9-10,12H2,1-4H3. The van der Waals surface area contributed by atoms with Crippen LogP contribution in [0.1, 0.15) is 15.3 Å². The van der Waals surface area contributed by atoms with Gasteiger partial charge >= 0.3 is 0 Å². The van der Waals surface area contributed by atoms with E-state index in [9.17, 15) is 0 Å². The summed E-state index contributed by atoms with van der Waals surface area (Å²) >= 11 is 1.73. The van der Waals surface area contributed by atoms with Crippen molar-refractivity contribution in [2.75, 3.05) is 32.2 Å². The first-order chi connectivity index (χ1) is 13.6. The molecule has 0 fully saturated rings. The van der Waals surface area contributed by atoms with E-state index in [1.807, 2.05) is 24.1 Å². The average Bonchev–Trinajstić information content (AvgIpc) is 3.04. The van der Waals surface area contributed by atoms with E-state index in [0.29, 0.717) is 31.5 Å². The second-order valence-electron chi connectivity index (χ2n) is 6.26. The fourth-order valence-electron chi connectivity index (χ4n) is 2.42. The molecule has 9 heteroatoms. The number of ether oxygens (including phenoxy) is 1. The quantitative estimate of drug-likeness (QED) is 0.534. The number of azo groups is 1. The van der Waals surface area contributed by atoms with Gasteiger partial charge in [0.2, 0.25) is 5.95 Å². The fraction of sp³-hybridized carbons (Fsp3) is 0.368. The van der Waals surface area contributed by atoms with E-state index < -0.39 is 0 Å². The van der Waals surface area contributed by atoms with Gasteiger partial charge in [0.15, 0.2) is 5.82 Å². The lowest BCUT2D eigenvalue weighted by molar-refractivity contribution is 0.206. The first-order valence-electron chi connectivity index (χ1n) is 8.87. The number of nitrogens with zero attached hydrogens (tertiary/aromatic N) is 7. The molecule has 0 bridgehead atoms. The maximum absolute atomic E-state index is 5.14. The van der Waals surface area contributed by atoms with Crippen LogP contribution in [0.15, 0.2) is 40.8 Å². The molecule has 0 N–H and O–H groups in total. The number of methoxy groups -OCH3 is 1. The number of thiophene rings is 1. The van der Waals surface area contributed by atoms with Gasteiger partial charge in [0.1, 0.15) is 0 Å². The predicted molar refractivity (Wildman–Crippen MR) is 110 cm³/mol. The summed E-state index contributed by atoms with van der Waals surface area (Å²) in [5.74, 6) is 1.34. The van der Waals surface area contributed by atoms with Crippen LogP contribution in [-0.2, 0) is 11.3 Å². The van der Waals surface area contributed by atoms with E-state index in [1.54, 1.807) is 30.8 Å². The van der Waals surface area contributed by atoms with Gasteiger partial charge in [-0.1, -0.05) is 0 Å². The van der Waals surface area contributed by atoms with Crippen LogP contribution in [0.2, 0.25) is 0 Å². The van der Waals surface area contributed by atoms with Gasteiger partial charge < -0.3 is 9.64 Å². The second kappa shape index (κ2) is 9.43. The summed E-state index contributed by atoms with van der Waals surface area (Å²) in [6, 6.07) is 5.84. The molecular formula is C19H23N7OS. The third-order valence-electron chi connectivity index (χ3n) is 4.13. The molecule has 0 aliphatic heterocycles. The summed E-state index contributed by atoms with van der Waals surface area (Å²) in [5.41, 5.74) is 2.12. The molecule has 0 radical (unpaired) electrons. The third-order valence-corrected chi connectivity index (χ3v) is 5.26. The van der Waals surface area contributed by atoms with Gasteiger partial charge in [-0.15, -0.1) is 16.5 Å². The molecule has 0 aromatic carbocycles. The molecule has 146 valence electrons. The van der Waals surface area contributed by atoms with Gasteiger partial charge in [-0.05, 0) is 37.6 Å². The highest BCUT2D eigenvalue weighted by atomic mass is 32.1. The summed E-state index contributed by atoms with van der Waals surface area (Å²) in [6.07, 6.45) is 3.41. The van der Waals surface area contributed by atoms with Gasteiger partial charge in [0, 0.05) is 48.4 Å². The van der Waals surface area contributed by atoms with Crippen LogP contribution in [0.4, 0.5) is 11.9 Å². The second-order valence-corrected chi connectivity index (χ2v) is 7.60. The van der Waals surface area contributed by atoms with Crippen LogP contribution >= 0.6 is 11.3 Å². The lowest BCUT2D eigenvalue weighted by atomic mass is 10.2. The molecule has 3 aromatic heterocycles. The van der Waals surface area contributed by atoms with Crippen molar-refractivity contribution in [3.63, 3.8) is 0 Å². The van der Waals surface area contributed by atoms with Crippen molar-refractivity contribution in [3.8, 4) is 11.4 Å². The van der Waals surface area contributed by atoms with Gasteiger partial charge in [0.25, 0.3) is 5.95 Å². The Morgan fingerprint density at radius 2 is 1.93 bits per heavy atom. The molecule has 0 unspecified atom stereocenters. The molecule has 0 aliphatic rings. The molecule has 8 nitrogen and oxygen atoms in total. The molecule has 0 amide bonds. The van der Waals surface area contributed by atoms with Crippen LogP contribution < -0.4 is 4.90 Å². The summed E-state index contributed by atoms with van der Waals surface area (Å²) in [6.45, 7) is 5.93. The minimum atomic E-state index is 0.283. The Hall–Kier alpha value is -2.78. The van der Waals surface area contributed by atoms with Crippen molar-refractivity contribution >= 4 is 23.2 Å². The Bertz CT molecular complexity index is 923. The zero-order valence-corrected chi connectivity index (χ0v) is 17.3. The first-order valence-corrected chi connectivity index (χ1v) is 9.68. The fourth-order valence-corrected chi connectivity index (χ4v) is 3.39. The largest absolute Gasteiger partial charge is 0.383 e. The molecule has 0 aliphatic carbocycles. The zero-order chi connectivity index (χ0) is 19.9. The van der Waals surface area contributed by atoms with E-state index in [-0.39, 0.29) is 5.95 Å². The van der Waals surface area contributed by atoms with Crippen LogP contribution in [0, 0.1) is 13.8 Å². The monoisotopic (exact) mass is 397 g/mol. The number of rotatable bonds is 8. The van der Waals surface area contributed by atoms with E-state index in [1.165, 1.54) is 15.3 Å². The number of anilines is 1. The van der Waals surface area contributed by atoms with Crippen LogP contribution in [0.3, 0.4) is 0 Å². The van der Waals surface area contributed by atoms with E-state index in [2.05, 4.69) is 50.1 Å². The summed E-state index contributed by atoms with van der Waals surface area (Å²) in [4.78, 5) is 21.9. The molecule has 0 saturated heterocycles. The lowest BCUT2D eigenvalue weighted by Crippen LogP contribution is -2.24. The van der Waals surface area contributed by atoms with Crippen molar-refractivity contribution in [1.82, 2.24) is 19.9 Å². The Morgan fingerprint density at radius 3 is 2.61 bits per heavy atom. The normalized spacial score (nSPS) is 11.3. The highest BCUT2D eigenvalue weighted by Crippen LogP contribution is 2.23. The van der Waals surface area contributed by atoms with Crippen molar-refractivity contribution in [2.45, 2.75) is 20.4 Å². The molecule has 0 saturated carbocycles. The third kappa shape index (κ3) is 5.14. The van der Waals surface area contributed by atoms with Gasteiger partial charge in [0.05, 0.1) is 13.2 Å². The summed E-state index contributed by atoms with van der Waals surface area (Å²) < 4.78 is 5.14. The maximum atomic E-state index is 5.14. The minimum Gasteiger partial charge on any atom is -0.383 e. The molecule has 0 spiro atoms. The van der Waals surface area contributed by atoms with Crippen molar-refractivity contribution in [2.24, 2.45) is 10.2 Å². The molecule has 0 atom stereocenters. The van der Waals surface area contributed by atoms with Crippen molar-refractivity contribution < 1.29 is 4.74 Å². The zero-order valence-electron chi connectivity index (χ0n) is 16.5. The summed E-state index contributed by atoms with van der Waals surface area (Å²) in [5, 5.41) is 8.54. The Balaban J connectivity index is 1.86. The lowest BCUT2D eigenvalue weighted by Gasteiger charge is -2.16. The minimum absolute atomic E-state index is 0.283. The van der Waals surface area contributed by atoms with Crippen molar-refractivity contribution in [3.05, 3.63) is 45.9 Å². The SMILES string of the molecule is COCCN(C)c1nc(N=NCc2cc(C)c(C)s2)nc(-c2ccncc2)n1. The maximum Gasteiger partial charge on any atom is 0.273 e. The number of hydrogen-bond acceptors (Lipinski definition) is 9. The van der Waals surface area contributed by atoms with Gasteiger partial charge in [-0.25, -0.2) is 0 Å². The number of pyridine rings is 1. The Morgan fingerprint density at radius 1 is 1.14 bits per heavy atom. The molecule has 3 rings (SSSR count). The highest BCUT2D eigenvalue weighted by Gasteiger charge is 2.12. The van der Waals surface area contributed by atoms with Crippen LogP contribution in [-0.4, -0.2) is 47.2 Å². The van der Waals surface area contributed by atoms with Crippen LogP contribution in [0.25, 0.3) is 11.4 Å². The number of aryl methyl sites for hydroxylation is 2. The highest BCUT2D eigenvalue weighted by molar-refractivity contribution is 7.12. The molecular weight excluding hydrogens is 374 g/mol. The summed E-state index contributed by atoms with van der Waals surface area (Å²) in [7, 11) is 3.57. The predicted octanol–water partition coefficient (Wildman–Crippen LogP) is 3.98. The van der Waals surface area contributed by atoms with E-state index in [4.69, 9.17) is 4.74 Å². The van der Waals surface area contributed by atoms with Gasteiger partial charge in [-0.2, -0.15) is 20.1 Å². The smallest absolute Gasteiger partial charge is 0.273 e. The van der Waals surface area contributed by atoms with E-state index in [0.717, 1.165) is 5.56 Å². The van der Waals surface area contributed by atoms with Crippen molar-refractivity contribution in [1.29, 1.82) is 0 Å². The average molecular weight is 398 g/mol. The number of aromatic nitrogens is 4. The van der Waals surface area contributed by atoms with E-state index >= 15 is 0 Å². The molecule has 3 aromatic rings. The topological polar surface area (TPSA) is 88.8 Å². The molecule has 28 heavy (non-hydrogen) atoms.